The molecule has 0 spiro atoms. The molecule has 1 aliphatic rings. The molecule has 20 heavy (non-hydrogen) atoms. The minimum atomic E-state index is 0.452. The lowest BCUT2D eigenvalue weighted by molar-refractivity contribution is 0.304. The topological polar surface area (TPSA) is 67.9 Å². The first-order valence-corrected chi connectivity index (χ1v) is 7.86. The first-order chi connectivity index (χ1) is 9.71. The lowest BCUT2D eigenvalue weighted by Crippen LogP contribution is -2.44. The maximum Gasteiger partial charge on any atom is 0.245 e. The van der Waals surface area contributed by atoms with Crippen LogP contribution in [0.2, 0.25) is 0 Å². The minimum absolute atomic E-state index is 0.452. The van der Waals surface area contributed by atoms with Crippen LogP contribution in [0, 0.1) is 5.92 Å². The van der Waals surface area contributed by atoms with Crippen LogP contribution in [0.25, 0.3) is 0 Å². The quantitative estimate of drug-likeness (QED) is 0.891. The van der Waals surface area contributed by atoms with Crippen LogP contribution in [0.4, 0.5) is 5.95 Å². The van der Waals surface area contributed by atoms with Gasteiger partial charge in [-0.15, -0.1) is 5.10 Å². The third-order valence-electron chi connectivity index (χ3n) is 4.48. The van der Waals surface area contributed by atoms with E-state index in [2.05, 4.69) is 36.0 Å². The summed E-state index contributed by atoms with van der Waals surface area (Å²) in [7, 11) is 2.08. The molecule has 1 heterocycles. The molecule has 2 unspecified atom stereocenters. The zero-order valence-corrected chi connectivity index (χ0v) is 13.0. The van der Waals surface area contributed by atoms with E-state index in [-0.39, 0.29) is 0 Å². The summed E-state index contributed by atoms with van der Waals surface area (Å²) < 4.78 is 0. The molecule has 2 rings (SSSR count). The van der Waals surface area contributed by atoms with Gasteiger partial charge in [-0.25, -0.2) is 4.98 Å². The van der Waals surface area contributed by atoms with Crippen molar-refractivity contribution in [3.63, 3.8) is 0 Å². The van der Waals surface area contributed by atoms with E-state index >= 15 is 0 Å². The Morgan fingerprint density at radius 2 is 1.80 bits per heavy atom. The summed E-state index contributed by atoms with van der Waals surface area (Å²) in [4.78, 5) is 6.91. The van der Waals surface area contributed by atoms with E-state index in [1.165, 1.54) is 25.7 Å². The van der Waals surface area contributed by atoms with Crippen molar-refractivity contribution >= 4 is 5.95 Å². The first kappa shape index (κ1) is 15.2. The highest BCUT2D eigenvalue weighted by atomic mass is 15.3. The molecular weight excluding hydrogens is 250 g/mol. The number of hydrogen-bond acceptors (Lipinski definition) is 5. The summed E-state index contributed by atoms with van der Waals surface area (Å²) >= 11 is 0. The van der Waals surface area contributed by atoms with Gasteiger partial charge in [-0.1, -0.05) is 26.7 Å². The first-order valence-electron chi connectivity index (χ1n) is 7.86. The van der Waals surface area contributed by atoms with Gasteiger partial charge >= 0.3 is 0 Å². The second-order valence-electron chi connectivity index (χ2n) is 5.67. The van der Waals surface area contributed by atoms with Gasteiger partial charge < -0.3 is 10.6 Å². The van der Waals surface area contributed by atoms with Crippen molar-refractivity contribution in [2.75, 3.05) is 18.5 Å². The Labute approximate surface area is 122 Å². The lowest BCUT2D eigenvalue weighted by atomic mass is 9.84. The Morgan fingerprint density at radius 3 is 2.45 bits per heavy atom. The predicted molar refractivity (Wildman–Crippen MR) is 81.8 cm³/mol. The highest BCUT2D eigenvalue weighted by Gasteiger charge is 2.29. The van der Waals surface area contributed by atoms with E-state index in [1.807, 2.05) is 0 Å². The smallest absolute Gasteiger partial charge is 0.245 e. The Balaban J connectivity index is 2.21. The van der Waals surface area contributed by atoms with Crippen molar-refractivity contribution in [1.82, 2.24) is 15.2 Å². The standard InChI is InChI=1S/C15H27N5/c1-4-12-13(5-2)18-19-15(17-12)20(3)14-9-7-6-8-11(14)10-16/h11,14H,4-10,16H2,1-3H3. The van der Waals surface area contributed by atoms with E-state index in [1.54, 1.807) is 0 Å². The molecule has 2 atom stereocenters. The molecule has 0 bridgehead atoms. The van der Waals surface area contributed by atoms with Gasteiger partial charge in [0.25, 0.3) is 0 Å². The third kappa shape index (κ3) is 3.08. The second-order valence-corrected chi connectivity index (χ2v) is 5.67. The van der Waals surface area contributed by atoms with Crippen molar-refractivity contribution in [1.29, 1.82) is 0 Å². The minimum Gasteiger partial charge on any atom is -0.339 e. The number of aromatic nitrogens is 3. The number of hydrogen-bond donors (Lipinski definition) is 1. The van der Waals surface area contributed by atoms with Gasteiger partial charge in [0, 0.05) is 13.1 Å². The van der Waals surface area contributed by atoms with Crippen LogP contribution in [0.1, 0.15) is 50.9 Å². The van der Waals surface area contributed by atoms with Gasteiger partial charge in [0.1, 0.15) is 0 Å². The fourth-order valence-corrected chi connectivity index (χ4v) is 3.20. The van der Waals surface area contributed by atoms with Gasteiger partial charge in [0.15, 0.2) is 0 Å². The molecule has 0 saturated heterocycles. The molecule has 0 aromatic carbocycles. The molecule has 1 aromatic rings. The molecule has 1 fully saturated rings. The van der Waals surface area contributed by atoms with E-state index in [0.717, 1.165) is 36.7 Å². The Bertz CT molecular complexity index is 434. The molecule has 1 aliphatic carbocycles. The van der Waals surface area contributed by atoms with Gasteiger partial charge in [0.2, 0.25) is 5.95 Å². The van der Waals surface area contributed by atoms with Crippen LogP contribution in [0.15, 0.2) is 0 Å². The number of aryl methyl sites for hydroxylation is 2. The summed E-state index contributed by atoms with van der Waals surface area (Å²) in [5.41, 5.74) is 8.02. The predicted octanol–water partition coefficient (Wildman–Crippen LogP) is 1.95. The summed E-state index contributed by atoms with van der Waals surface area (Å²) in [5, 5.41) is 8.68. The van der Waals surface area contributed by atoms with E-state index < -0.39 is 0 Å². The Morgan fingerprint density at radius 1 is 1.10 bits per heavy atom. The highest BCUT2D eigenvalue weighted by Crippen LogP contribution is 2.28. The normalized spacial score (nSPS) is 22.8. The van der Waals surface area contributed by atoms with Crippen LogP contribution >= 0.6 is 0 Å². The maximum absolute atomic E-state index is 5.93. The van der Waals surface area contributed by atoms with Crippen molar-refractivity contribution in [3.8, 4) is 0 Å². The summed E-state index contributed by atoms with van der Waals surface area (Å²) in [5.74, 6) is 1.30. The number of rotatable bonds is 5. The van der Waals surface area contributed by atoms with E-state index in [4.69, 9.17) is 10.7 Å². The summed E-state index contributed by atoms with van der Waals surface area (Å²) in [6, 6.07) is 0.452. The zero-order valence-electron chi connectivity index (χ0n) is 13.0. The fraction of sp³-hybridized carbons (Fsp3) is 0.800. The molecule has 0 aliphatic heterocycles. The molecule has 5 nitrogen and oxygen atoms in total. The van der Waals surface area contributed by atoms with Crippen LogP contribution in [0.5, 0.6) is 0 Å². The molecular formula is C15H27N5. The number of nitrogens with two attached hydrogens (primary N) is 1. The molecule has 1 aromatic heterocycles. The Kier molecular flexibility index (Phi) is 5.29. The van der Waals surface area contributed by atoms with Crippen molar-refractivity contribution in [3.05, 3.63) is 11.4 Å². The van der Waals surface area contributed by atoms with Crippen molar-refractivity contribution in [2.24, 2.45) is 11.7 Å². The maximum atomic E-state index is 5.93. The van der Waals surface area contributed by atoms with Crippen LogP contribution < -0.4 is 10.6 Å². The van der Waals surface area contributed by atoms with E-state index in [9.17, 15) is 0 Å². The second kappa shape index (κ2) is 6.97. The zero-order chi connectivity index (χ0) is 14.5. The molecule has 0 amide bonds. The van der Waals surface area contributed by atoms with Crippen LogP contribution in [-0.4, -0.2) is 34.8 Å². The van der Waals surface area contributed by atoms with E-state index in [0.29, 0.717) is 12.0 Å². The SMILES string of the molecule is CCc1nnc(N(C)C2CCCCC2CN)nc1CC. The summed E-state index contributed by atoms with van der Waals surface area (Å²) in [6.45, 7) is 4.96. The largest absolute Gasteiger partial charge is 0.339 e. The highest BCUT2D eigenvalue weighted by molar-refractivity contribution is 5.31. The van der Waals surface area contributed by atoms with Crippen LogP contribution in [0.3, 0.4) is 0 Å². The molecule has 5 heteroatoms. The summed E-state index contributed by atoms with van der Waals surface area (Å²) in [6.07, 6.45) is 6.75. The average molecular weight is 277 g/mol. The molecule has 0 radical (unpaired) electrons. The van der Waals surface area contributed by atoms with Gasteiger partial charge in [-0.05, 0) is 38.1 Å². The van der Waals surface area contributed by atoms with Gasteiger partial charge in [-0.2, -0.15) is 5.10 Å². The molecule has 112 valence electrons. The molecule has 1 saturated carbocycles. The fourth-order valence-electron chi connectivity index (χ4n) is 3.20. The lowest BCUT2D eigenvalue weighted by Gasteiger charge is -2.37. The monoisotopic (exact) mass is 277 g/mol. The third-order valence-corrected chi connectivity index (χ3v) is 4.48. The van der Waals surface area contributed by atoms with Crippen LogP contribution in [-0.2, 0) is 12.8 Å². The van der Waals surface area contributed by atoms with Gasteiger partial charge in [0.05, 0.1) is 11.4 Å². The number of anilines is 1. The average Bonchev–Trinajstić information content (AvgIpc) is 2.53. The number of nitrogens with zero attached hydrogens (tertiary/aromatic N) is 4. The van der Waals surface area contributed by atoms with Crippen molar-refractivity contribution < 1.29 is 0 Å². The van der Waals surface area contributed by atoms with Crippen molar-refractivity contribution in [2.45, 2.75) is 58.4 Å². The van der Waals surface area contributed by atoms with Gasteiger partial charge in [-0.3, -0.25) is 0 Å². The Hall–Kier alpha value is -1.23. The molecule has 2 N–H and O–H groups in total.